The number of ether oxygens (including phenoxy) is 1. The Morgan fingerprint density at radius 3 is 2.44 bits per heavy atom. The molecule has 0 radical (unpaired) electrons. The molecule has 3 amide bonds. The zero-order valence-electron chi connectivity index (χ0n) is 15.9. The fourth-order valence-electron chi connectivity index (χ4n) is 2.52. The highest BCUT2D eigenvalue weighted by atomic mass is 16.5. The molecule has 0 saturated carbocycles. The van der Waals surface area contributed by atoms with E-state index >= 15 is 0 Å². The van der Waals surface area contributed by atoms with Crippen molar-refractivity contribution in [3.8, 4) is 5.75 Å². The Labute approximate surface area is 160 Å². The van der Waals surface area contributed by atoms with E-state index < -0.39 is 0 Å². The third kappa shape index (κ3) is 7.81. The molecule has 0 aliphatic carbocycles. The second-order valence-corrected chi connectivity index (χ2v) is 6.24. The Balaban J connectivity index is 1.68. The average molecular weight is 369 g/mol. The van der Waals surface area contributed by atoms with Gasteiger partial charge in [0.15, 0.2) is 0 Å². The van der Waals surface area contributed by atoms with Crippen LogP contribution < -0.4 is 20.7 Å². The van der Waals surface area contributed by atoms with Crippen LogP contribution in [0.5, 0.6) is 5.75 Å². The van der Waals surface area contributed by atoms with Crippen LogP contribution >= 0.6 is 0 Å². The van der Waals surface area contributed by atoms with Crippen LogP contribution in [0.4, 0.5) is 16.2 Å². The van der Waals surface area contributed by atoms with Gasteiger partial charge in [-0.25, -0.2) is 4.79 Å². The zero-order chi connectivity index (χ0) is 19.5. The molecule has 144 valence electrons. The predicted molar refractivity (Wildman–Crippen MR) is 108 cm³/mol. The van der Waals surface area contributed by atoms with Crippen LogP contribution in [0.25, 0.3) is 0 Å². The van der Waals surface area contributed by atoms with E-state index in [1.54, 1.807) is 24.3 Å². The summed E-state index contributed by atoms with van der Waals surface area (Å²) in [6.45, 7) is 5.01. The number of hydrogen-bond acceptors (Lipinski definition) is 3. The van der Waals surface area contributed by atoms with Crippen molar-refractivity contribution in [2.24, 2.45) is 0 Å². The van der Waals surface area contributed by atoms with Gasteiger partial charge >= 0.3 is 6.03 Å². The normalized spacial score (nSPS) is 10.1. The lowest BCUT2D eigenvalue weighted by Crippen LogP contribution is -2.28. The molecular formula is C21H27N3O3. The summed E-state index contributed by atoms with van der Waals surface area (Å²) < 4.78 is 5.68. The molecule has 27 heavy (non-hydrogen) atoms. The number of hydrogen-bond donors (Lipinski definition) is 3. The first-order valence-corrected chi connectivity index (χ1v) is 9.21. The first-order valence-electron chi connectivity index (χ1n) is 9.21. The van der Waals surface area contributed by atoms with Gasteiger partial charge in [0.25, 0.3) is 0 Å². The molecule has 0 aliphatic rings. The molecule has 2 aromatic carbocycles. The van der Waals surface area contributed by atoms with Crippen molar-refractivity contribution in [1.29, 1.82) is 0 Å². The molecule has 0 bridgehead atoms. The summed E-state index contributed by atoms with van der Waals surface area (Å²) in [6.07, 6.45) is 1.97. The Bertz CT molecular complexity index is 762. The number of urea groups is 1. The molecule has 0 heterocycles. The second kappa shape index (κ2) is 10.9. The number of unbranched alkanes of at least 4 members (excludes halogenated alkanes) is 1. The lowest BCUT2D eigenvalue weighted by Gasteiger charge is -2.09. The van der Waals surface area contributed by atoms with Crippen LogP contribution in [-0.4, -0.2) is 25.1 Å². The summed E-state index contributed by atoms with van der Waals surface area (Å²) in [5, 5.41) is 8.23. The van der Waals surface area contributed by atoms with E-state index in [1.165, 1.54) is 0 Å². The highest BCUT2D eigenvalue weighted by Gasteiger charge is 2.05. The van der Waals surface area contributed by atoms with Crippen LogP contribution in [-0.2, 0) is 4.79 Å². The van der Waals surface area contributed by atoms with Gasteiger partial charge in [-0.05, 0) is 62.6 Å². The summed E-state index contributed by atoms with van der Waals surface area (Å²) in [5.41, 5.74) is 2.45. The summed E-state index contributed by atoms with van der Waals surface area (Å²) in [4.78, 5) is 23.6. The molecule has 0 atom stereocenters. The van der Waals surface area contributed by atoms with Crippen molar-refractivity contribution >= 4 is 23.3 Å². The molecule has 2 rings (SSSR count). The molecule has 6 nitrogen and oxygen atoms in total. The predicted octanol–water partition coefficient (Wildman–Crippen LogP) is 4.32. The van der Waals surface area contributed by atoms with Crippen LogP contribution in [0.1, 0.15) is 31.7 Å². The van der Waals surface area contributed by atoms with Crippen LogP contribution in [0.15, 0.2) is 48.5 Å². The smallest absolute Gasteiger partial charge is 0.319 e. The van der Waals surface area contributed by atoms with Gasteiger partial charge < -0.3 is 20.7 Å². The van der Waals surface area contributed by atoms with Crippen molar-refractivity contribution < 1.29 is 14.3 Å². The number of aryl methyl sites for hydroxylation is 1. The number of benzene rings is 2. The van der Waals surface area contributed by atoms with E-state index in [2.05, 4.69) is 16.0 Å². The van der Waals surface area contributed by atoms with Gasteiger partial charge in [-0.3, -0.25) is 4.79 Å². The van der Waals surface area contributed by atoms with Crippen molar-refractivity contribution in [2.45, 2.75) is 33.1 Å². The first-order chi connectivity index (χ1) is 13.1. The number of rotatable bonds is 9. The number of amides is 3. The lowest BCUT2D eigenvalue weighted by molar-refractivity contribution is -0.116. The maximum atomic E-state index is 12.1. The minimum absolute atomic E-state index is 0.0549. The Hall–Kier alpha value is -3.02. The fraction of sp³-hybridized carbons (Fsp3) is 0.333. The maximum Gasteiger partial charge on any atom is 0.319 e. The molecule has 2 aromatic rings. The topological polar surface area (TPSA) is 79.5 Å². The lowest BCUT2D eigenvalue weighted by atomic mass is 10.2. The molecule has 0 spiro atoms. The van der Waals surface area contributed by atoms with Crippen molar-refractivity contribution in [2.75, 3.05) is 23.8 Å². The van der Waals surface area contributed by atoms with E-state index in [4.69, 9.17) is 4.74 Å². The molecule has 0 aromatic heterocycles. The quantitative estimate of drug-likeness (QED) is 0.576. The summed E-state index contributed by atoms with van der Waals surface area (Å²) in [6, 6.07) is 14.7. The summed E-state index contributed by atoms with van der Waals surface area (Å²) in [5.74, 6) is 0.802. The molecule has 0 aliphatic heterocycles. The van der Waals surface area contributed by atoms with Crippen LogP contribution in [0.2, 0.25) is 0 Å². The van der Waals surface area contributed by atoms with Crippen molar-refractivity contribution in [1.82, 2.24) is 5.32 Å². The highest BCUT2D eigenvalue weighted by Crippen LogP contribution is 2.16. The standard InChI is InChI=1S/C21H27N3O3/c1-3-22-21(26)24-18-10-7-9-17(15-18)23-20(25)12-4-5-13-27-19-11-6-8-16(2)14-19/h6-11,14-15H,3-5,12-13H2,1-2H3,(H,23,25)(H2,22,24,26). The van der Waals surface area contributed by atoms with E-state index in [1.807, 2.05) is 38.1 Å². The van der Waals surface area contributed by atoms with Gasteiger partial charge in [-0.2, -0.15) is 0 Å². The molecule has 6 heteroatoms. The van der Waals surface area contributed by atoms with E-state index in [0.29, 0.717) is 30.9 Å². The monoisotopic (exact) mass is 369 g/mol. The number of carbonyl (C=O) groups is 2. The molecule has 0 fully saturated rings. The largest absolute Gasteiger partial charge is 0.494 e. The van der Waals surface area contributed by atoms with E-state index in [-0.39, 0.29) is 11.9 Å². The minimum atomic E-state index is -0.269. The molecular weight excluding hydrogens is 342 g/mol. The molecule has 0 unspecified atom stereocenters. The van der Waals surface area contributed by atoms with Gasteiger partial charge in [0.2, 0.25) is 5.91 Å². The van der Waals surface area contributed by atoms with E-state index in [0.717, 1.165) is 24.2 Å². The van der Waals surface area contributed by atoms with Gasteiger partial charge in [-0.1, -0.05) is 18.2 Å². The van der Waals surface area contributed by atoms with Crippen molar-refractivity contribution in [3.63, 3.8) is 0 Å². The SMILES string of the molecule is CCNC(=O)Nc1cccc(NC(=O)CCCCOc2cccc(C)c2)c1. The van der Waals surface area contributed by atoms with Gasteiger partial charge in [0, 0.05) is 24.3 Å². The van der Waals surface area contributed by atoms with E-state index in [9.17, 15) is 9.59 Å². The summed E-state index contributed by atoms with van der Waals surface area (Å²) in [7, 11) is 0. The van der Waals surface area contributed by atoms with Crippen LogP contribution in [0, 0.1) is 6.92 Å². The zero-order valence-corrected chi connectivity index (χ0v) is 15.9. The molecule has 0 saturated heterocycles. The van der Waals surface area contributed by atoms with Gasteiger partial charge in [0.05, 0.1) is 6.61 Å². The fourth-order valence-corrected chi connectivity index (χ4v) is 2.52. The average Bonchev–Trinajstić information content (AvgIpc) is 2.62. The van der Waals surface area contributed by atoms with Crippen molar-refractivity contribution in [3.05, 3.63) is 54.1 Å². The number of carbonyl (C=O) groups excluding carboxylic acids is 2. The first kappa shape index (κ1) is 20.3. The third-order valence-corrected chi connectivity index (χ3v) is 3.80. The maximum absolute atomic E-state index is 12.1. The minimum Gasteiger partial charge on any atom is -0.494 e. The van der Waals surface area contributed by atoms with Crippen LogP contribution in [0.3, 0.4) is 0 Å². The Morgan fingerprint density at radius 2 is 1.70 bits per heavy atom. The number of nitrogens with one attached hydrogen (secondary N) is 3. The molecule has 3 N–H and O–H groups in total. The highest BCUT2D eigenvalue weighted by molar-refractivity contribution is 5.93. The Kier molecular flexibility index (Phi) is 8.16. The summed E-state index contributed by atoms with van der Waals surface area (Å²) >= 11 is 0. The third-order valence-electron chi connectivity index (χ3n) is 3.80. The van der Waals surface area contributed by atoms with Gasteiger partial charge in [0.1, 0.15) is 5.75 Å². The Morgan fingerprint density at radius 1 is 0.963 bits per heavy atom. The number of anilines is 2. The van der Waals surface area contributed by atoms with Gasteiger partial charge in [-0.15, -0.1) is 0 Å². The second-order valence-electron chi connectivity index (χ2n) is 6.24.